The minimum Gasteiger partial charge on any atom is -0.370 e. The maximum Gasteiger partial charge on any atom is 0.416 e. The lowest BCUT2D eigenvalue weighted by molar-refractivity contribution is -0.143. The van der Waals surface area contributed by atoms with Gasteiger partial charge < -0.3 is 4.74 Å². The maximum absolute atomic E-state index is 13.8. The Bertz CT molecular complexity index is 1240. The summed E-state index contributed by atoms with van der Waals surface area (Å²) in [5.41, 5.74) is -2.32. The topological polar surface area (TPSA) is 46.6 Å². The second kappa shape index (κ2) is 10.6. The number of hydrogen-bond donors (Lipinski definition) is 0. The van der Waals surface area contributed by atoms with Crippen LogP contribution in [0.5, 0.6) is 0 Å². The smallest absolute Gasteiger partial charge is 0.370 e. The monoisotopic (exact) mass is 571 g/mol. The molecule has 0 amide bonds. The molecule has 4 nitrogen and oxygen atoms in total. The van der Waals surface area contributed by atoms with Crippen molar-refractivity contribution >= 4 is 11.6 Å². The van der Waals surface area contributed by atoms with Crippen LogP contribution in [0, 0.1) is 17.7 Å². The summed E-state index contributed by atoms with van der Waals surface area (Å²) < 4.78 is 101. The van der Waals surface area contributed by atoms with E-state index in [0.717, 1.165) is 5.56 Å². The zero-order chi connectivity index (χ0) is 29.0. The zero-order valence-electron chi connectivity index (χ0n) is 21.6. The number of likely N-dealkylation sites (tertiary alicyclic amines) is 1. The number of nitrogens with zero attached hydrogens (tertiary/aromatic N) is 1. The third-order valence-electron chi connectivity index (χ3n) is 8.52. The van der Waals surface area contributed by atoms with Gasteiger partial charge in [0.2, 0.25) is 0 Å². The van der Waals surface area contributed by atoms with Crippen molar-refractivity contribution in [2.45, 2.75) is 69.1 Å². The van der Waals surface area contributed by atoms with Crippen LogP contribution >= 0.6 is 0 Å². The fourth-order valence-electron chi connectivity index (χ4n) is 6.63. The molecule has 0 spiro atoms. The van der Waals surface area contributed by atoms with Crippen LogP contribution in [0.1, 0.15) is 66.9 Å². The molecule has 0 bridgehead atoms. The second-order valence-electron chi connectivity index (χ2n) is 11.1. The van der Waals surface area contributed by atoms with Crippen molar-refractivity contribution < 1.29 is 45.1 Å². The van der Waals surface area contributed by atoms with E-state index in [4.69, 9.17) is 4.74 Å². The molecule has 40 heavy (non-hydrogen) atoms. The van der Waals surface area contributed by atoms with Gasteiger partial charge in [0.1, 0.15) is 11.6 Å². The van der Waals surface area contributed by atoms with Gasteiger partial charge in [-0.3, -0.25) is 14.5 Å². The van der Waals surface area contributed by atoms with Gasteiger partial charge in [0, 0.05) is 25.4 Å². The molecule has 1 unspecified atom stereocenters. The van der Waals surface area contributed by atoms with Crippen LogP contribution in [0.25, 0.3) is 0 Å². The van der Waals surface area contributed by atoms with Gasteiger partial charge >= 0.3 is 12.4 Å². The molecule has 2 aliphatic carbocycles. The van der Waals surface area contributed by atoms with Gasteiger partial charge in [0.15, 0.2) is 5.78 Å². The van der Waals surface area contributed by atoms with Crippen LogP contribution in [-0.4, -0.2) is 41.7 Å². The molecule has 0 aromatic heterocycles. The van der Waals surface area contributed by atoms with E-state index in [1.165, 1.54) is 19.1 Å². The van der Waals surface area contributed by atoms with Gasteiger partial charge in [-0.05, 0) is 73.1 Å². The minimum absolute atomic E-state index is 0.0628. The average molecular weight is 572 g/mol. The number of fused-ring (bicyclic) bond motifs is 1. The molecule has 3 fully saturated rings. The minimum atomic E-state index is -4.98. The fraction of sp³-hybridized carbons (Fsp3) is 0.517. The van der Waals surface area contributed by atoms with Gasteiger partial charge in [-0.15, -0.1) is 0 Å². The number of carbonyl (C=O) groups excluding carboxylic acids is 2. The standard InChI is InChI=1S/C29H28F7NO3/c1-15(18-8-19(28(31,32)33)10-20(9-18)29(34,35)36)40-26-7-4-17-13-37(24-11-22(38)12-25(24)39)14-23(17)27(26)16-2-5-21(30)6-3-16/h2-3,5-6,8-10,15,17,23-24,26-27H,4,7,11-14H2,1H3/t15-,17-,23-,24?,26+,27+/m1/s1. The number of ketones is 2. The van der Waals surface area contributed by atoms with Crippen molar-refractivity contribution in [1.29, 1.82) is 0 Å². The Kier molecular flexibility index (Phi) is 7.58. The summed E-state index contributed by atoms with van der Waals surface area (Å²) in [5, 5.41) is 0. The molecule has 2 saturated carbocycles. The van der Waals surface area contributed by atoms with Crippen molar-refractivity contribution in [1.82, 2.24) is 4.90 Å². The molecule has 1 aliphatic heterocycles. The molecule has 0 N–H and O–H groups in total. The van der Waals surface area contributed by atoms with Crippen LogP contribution in [0.4, 0.5) is 30.7 Å². The first kappa shape index (κ1) is 28.7. The summed E-state index contributed by atoms with van der Waals surface area (Å²) in [6.45, 7) is 2.50. The number of hydrogen-bond acceptors (Lipinski definition) is 4. The van der Waals surface area contributed by atoms with Crippen LogP contribution in [-0.2, 0) is 26.7 Å². The molecule has 2 aromatic carbocycles. The SMILES string of the molecule is C[C@@H](O[C@H]1CC[C@@H]2CN(C3CC(=O)CC3=O)C[C@H]2[C@@H]1c1ccc(F)cc1)c1cc(C(F)(F)F)cc(C(F)(F)F)c1. The first-order chi connectivity index (χ1) is 18.7. The fourth-order valence-corrected chi connectivity index (χ4v) is 6.63. The summed E-state index contributed by atoms with van der Waals surface area (Å²) in [5.74, 6) is -0.936. The van der Waals surface area contributed by atoms with Crippen molar-refractivity contribution in [2.24, 2.45) is 11.8 Å². The van der Waals surface area contributed by atoms with E-state index in [0.29, 0.717) is 38.1 Å². The third-order valence-corrected chi connectivity index (χ3v) is 8.52. The van der Waals surface area contributed by atoms with Crippen LogP contribution in [0.2, 0.25) is 0 Å². The summed E-state index contributed by atoms with van der Waals surface area (Å²) in [7, 11) is 0. The van der Waals surface area contributed by atoms with Crippen molar-refractivity contribution in [3.63, 3.8) is 0 Å². The molecule has 216 valence electrons. The van der Waals surface area contributed by atoms with E-state index in [2.05, 4.69) is 0 Å². The molecule has 1 saturated heterocycles. The molecule has 1 heterocycles. The molecule has 11 heteroatoms. The maximum atomic E-state index is 13.8. The van der Waals surface area contributed by atoms with Crippen LogP contribution < -0.4 is 0 Å². The predicted octanol–water partition coefficient (Wildman–Crippen LogP) is 6.74. The first-order valence-corrected chi connectivity index (χ1v) is 13.2. The van der Waals surface area contributed by atoms with Crippen molar-refractivity contribution in [2.75, 3.05) is 13.1 Å². The van der Waals surface area contributed by atoms with E-state index in [9.17, 15) is 40.3 Å². The number of benzene rings is 2. The van der Waals surface area contributed by atoms with Crippen molar-refractivity contribution in [3.05, 3.63) is 70.5 Å². The number of halogens is 7. The highest BCUT2D eigenvalue weighted by atomic mass is 19.4. The van der Waals surface area contributed by atoms with E-state index in [1.54, 1.807) is 12.1 Å². The molecule has 5 rings (SSSR count). The van der Waals surface area contributed by atoms with Crippen LogP contribution in [0.15, 0.2) is 42.5 Å². The highest BCUT2D eigenvalue weighted by Gasteiger charge is 2.49. The number of Topliss-reactive ketones (excluding diaryl/α,β-unsaturated/α-hetero) is 2. The predicted molar refractivity (Wildman–Crippen MR) is 130 cm³/mol. The number of ether oxygens (including phenoxy) is 1. The normalized spacial score (nSPS) is 28.6. The van der Waals surface area contributed by atoms with Gasteiger partial charge in [-0.25, -0.2) is 4.39 Å². The number of rotatable bonds is 5. The molecule has 3 aliphatic rings. The molecule has 6 atom stereocenters. The Hall–Kier alpha value is -2.79. The second-order valence-corrected chi connectivity index (χ2v) is 11.1. The lowest BCUT2D eigenvalue weighted by Crippen LogP contribution is -2.39. The molecule has 0 radical (unpaired) electrons. The Morgan fingerprint density at radius 3 is 2.08 bits per heavy atom. The molecule has 2 aromatic rings. The van der Waals surface area contributed by atoms with E-state index in [1.807, 2.05) is 4.90 Å². The summed E-state index contributed by atoms with van der Waals surface area (Å²) in [4.78, 5) is 26.3. The summed E-state index contributed by atoms with van der Waals surface area (Å²) in [6, 6.07) is 6.78. The first-order valence-electron chi connectivity index (χ1n) is 13.2. The largest absolute Gasteiger partial charge is 0.416 e. The van der Waals surface area contributed by atoms with E-state index in [-0.39, 0.29) is 53.8 Å². The van der Waals surface area contributed by atoms with Gasteiger partial charge in [0.25, 0.3) is 0 Å². The average Bonchev–Trinajstić information content (AvgIpc) is 3.45. The Balaban J connectivity index is 1.44. The van der Waals surface area contributed by atoms with Gasteiger partial charge in [-0.2, -0.15) is 26.3 Å². The zero-order valence-corrected chi connectivity index (χ0v) is 21.6. The Morgan fingerprint density at radius 1 is 0.900 bits per heavy atom. The molecular weight excluding hydrogens is 543 g/mol. The Morgan fingerprint density at radius 2 is 1.52 bits per heavy atom. The van der Waals surface area contributed by atoms with Crippen LogP contribution in [0.3, 0.4) is 0 Å². The van der Waals surface area contributed by atoms with Gasteiger partial charge in [0.05, 0.1) is 35.8 Å². The van der Waals surface area contributed by atoms with Gasteiger partial charge in [-0.1, -0.05) is 12.1 Å². The Labute approximate surface area is 226 Å². The van der Waals surface area contributed by atoms with Crippen molar-refractivity contribution in [3.8, 4) is 0 Å². The lowest BCUT2D eigenvalue weighted by atomic mass is 9.69. The highest BCUT2D eigenvalue weighted by molar-refractivity contribution is 6.09. The summed E-state index contributed by atoms with van der Waals surface area (Å²) in [6.07, 6.45) is -10.4. The third kappa shape index (κ3) is 5.81. The van der Waals surface area contributed by atoms with E-state index >= 15 is 0 Å². The summed E-state index contributed by atoms with van der Waals surface area (Å²) >= 11 is 0. The highest BCUT2D eigenvalue weighted by Crippen LogP contribution is 2.49. The molecular formula is C29H28F7NO3. The number of carbonyl (C=O) groups is 2. The van der Waals surface area contributed by atoms with E-state index < -0.39 is 47.5 Å². The lowest BCUT2D eigenvalue weighted by Gasteiger charge is -2.41. The quantitative estimate of drug-likeness (QED) is 0.295. The number of alkyl halides is 6.